The number of rotatable bonds is 6. The zero-order valence-corrected chi connectivity index (χ0v) is 11.1. The number of carbonyl (C=O) groups is 1. The molecule has 0 aromatic heterocycles. The molecule has 17 heavy (non-hydrogen) atoms. The third-order valence-electron chi connectivity index (χ3n) is 3.30. The van der Waals surface area contributed by atoms with Gasteiger partial charge in [-0.1, -0.05) is 6.92 Å². The fourth-order valence-corrected chi connectivity index (χ4v) is 2.05. The first-order valence-corrected chi connectivity index (χ1v) is 6.19. The normalized spacial score (nSPS) is 25.0. The van der Waals surface area contributed by atoms with E-state index in [1.807, 2.05) is 4.90 Å². The molecule has 2 unspecified atom stereocenters. The largest absolute Gasteiger partial charge is 0.383 e. The Hall–Kier alpha value is -0.650. The van der Waals surface area contributed by atoms with Crippen molar-refractivity contribution in [2.24, 2.45) is 5.92 Å². The summed E-state index contributed by atoms with van der Waals surface area (Å²) >= 11 is 0. The van der Waals surface area contributed by atoms with E-state index in [1.54, 1.807) is 14.2 Å². The van der Waals surface area contributed by atoms with Gasteiger partial charge in [-0.3, -0.25) is 4.79 Å². The molecule has 1 N–H and O–H groups in total. The summed E-state index contributed by atoms with van der Waals surface area (Å²) in [7, 11) is 3.37. The Bertz CT molecular complexity index is 236. The van der Waals surface area contributed by atoms with Crippen molar-refractivity contribution in [3.63, 3.8) is 0 Å². The number of amides is 1. The van der Waals surface area contributed by atoms with E-state index in [1.165, 1.54) is 0 Å². The van der Waals surface area contributed by atoms with Gasteiger partial charge in [0.15, 0.2) is 0 Å². The average Bonchev–Trinajstić information content (AvgIpc) is 2.35. The van der Waals surface area contributed by atoms with Gasteiger partial charge in [0.2, 0.25) is 5.91 Å². The third-order valence-corrected chi connectivity index (χ3v) is 3.30. The zero-order valence-electron chi connectivity index (χ0n) is 11.1. The SMILES string of the molecule is COCCNCC(=O)N1CCC(C)C(OC)C1. The molecule has 2 atom stereocenters. The lowest BCUT2D eigenvalue weighted by Gasteiger charge is -2.36. The summed E-state index contributed by atoms with van der Waals surface area (Å²) in [6.45, 7) is 5.44. The molecule has 0 aromatic rings. The van der Waals surface area contributed by atoms with Crippen LogP contribution in [0, 0.1) is 5.92 Å². The molecule has 0 bridgehead atoms. The molecular formula is C12H24N2O3. The molecule has 0 radical (unpaired) electrons. The van der Waals surface area contributed by atoms with Crippen LogP contribution in [-0.4, -0.2) is 63.9 Å². The highest BCUT2D eigenvalue weighted by Crippen LogP contribution is 2.19. The monoisotopic (exact) mass is 244 g/mol. The number of likely N-dealkylation sites (tertiary alicyclic amines) is 1. The van der Waals surface area contributed by atoms with Crippen molar-refractivity contribution in [2.75, 3.05) is 47.0 Å². The molecule has 5 nitrogen and oxygen atoms in total. The van der Waals surface area contributed by atoms with E-state index in [0.29, 0.717) is 32.2 Å². The van der Waals surface area contributed by atoms with E-state index in [0.717, 1.165) is 13.0 Å². The van der Waals surface area contributed by atoms with Crippen LogP contribution in [-0.2, 0) is 14.3 Å². The van der Waals surface area contributed by atoms with Gasteiger partial charge in [0.25, 0.3) is 0 Å². The molecule has 0 saturated carbocycles. The van der Waals surface area contributed by atoms with Gasteiger partial charge in [-0.05, 0) is 12.3 Å². The van der Waals surface area contributed by atoms with E-state index in [9.17, 15) is 4.79 Å². The number of piperidine rings is 1. The quantitative estimate of drug-likeness (QED) is 0.674. The number of ether oxygens (including phenoxy) is 2. The maximum atomic E-state index is 11.9. The van der Waals surface area contributed by atoms with E-state index in [-0.39, 0.29) is 12.0 Å². The molecule has 1 aliphatic rings. The van der Waals surface area contributed by atoms with Gasteiger partial charge in [0.1, 0.15) is 0 Å². The van der Waals surface area contributed by atoms with Gasteiger partial charge in [0, 0.05) is 33.9 Å². The van der Waals surface area contributed by atoms with Crippen LogP contribution in [0.1, 0.15) is 13.3 Å². The van der Waals surface area contributed by atoms with Crippen LogP contribution in [0.25, 0.3) is 0 Å². The first-order valence-electron chi connectivity index (χ1n) is 6.19. The molecule has 5 heteroatoms. The van der Waals surface area contributed by atoms with Crippen LogP contribution in [0.5, 0.6) is 0 Å². The summed E-state index contributed by atoms with van der Waals surface area (Å²) in [5.74, 6) is 0.681. The summed E-state index contributed by atoms with van der Waals surface area (Å²) < 4.78 is 10.3. The van der Waals surface area contributed by atoms with Crippen molar-refractivity contribution in [2.45, 2.75) is 19.4 Å². The Labute approximate surface area is 103 Å². The minimum Gasteiger partial charge on any atom is -0.383 e. The summed E-state index contributed by atoms with van der Waals surface area (Å²) in [5.41, 5.74) is 0. The average molecular weight is 244 g/mol. The molecule has 1 amide bonds. The smallest absolute Gasteiger partial charge is 0.236 e. The third kappa shape index (κ3) is 4.61. The van der Waals surface area contributed by atoms with Crippen LogP contribution in [0.3, 0.4) is 0 Å². The maximum absolute atomic E-state index is 11.9. The van der Waals surface area contributed by atoms with Gasteiger partial charge < -0.3 is 19.7 Å². The van der Waals surface area contributed by atoms with Crippen molar-refractivity contribution in [3.8, 4) is 0 Å². The van der Waals surface area contributed by atoms with Crippen LogP contribution in [0.2, 0.25) is 0 Å². The molecule has 1 fully saturated rings. The van der Waals surface area contributed by atoms with Crippen molar-refractivity contribution in [3.05, 3.63) is 0 Å². The fourth-order valence-electron chi connectivity index (χ4n) is 2.05. The van der Waals surface area contributed by atoms with Crippen molar-refractivity contribution in [1.82, 2.24) is 10.2 Å². The van der Waals surface area contributed by atoms with Crippen LogP contribution in [0.4, 0.5) is 0 Å². The van der Waals surface area contributed by atoms with Gasteiger partial charge >= 0.3 is 0 Å². The number of methoxy groups -OCH3 is 2. The van der Waals surface area contributed by atoms with Crippen molar-refractivity contribution in [1.29, 1.82) is 0 Å². The van der Waals surface area contributed by atoms with Gasteiger partial charge in [-0.15, -0.1) is 0 Å². The molecule has 0 aromatic carbocycles. The first kappa shape index (κ1) is 14.4. The lowest BCUT2D eigenvalue weighted by atomic mass is 9.96. The molecule has 1 saturated heterocycles. The molecule has 1 aliphatic heterocycles. The highest BCUT2D eigenvalue weighted by Gasteiger charge is 2.28. The van der Waals surface area contributed by atoms with Crippen molar-refractivity contribution < 1.29 is 14.3 Å². The molecule has 0 spiro atoms. The molecule has 100 valence electrons. The second-order valence-electron chi connectivity index (χ2n) is 4.55. The summed E-state index contributed by atoms with van der Waals surface area (Å²) in [6.07, 6.45) is 1.19. The van der Waals surface area contributed by atoms with Crippen LogP contribution < -0.4 is 5.32 Å². The predicted octanol–water partition coefficient (Wildman–Crippen LogP) is 0.106. The first-order chi connectivity index (χ1) is 8.19. The summed E-state index contributed by atoms with van der Waals surface area (Å²) in [4.78, 5) is 13.8. The van der Waals surface area contributed by atoms with Gasteiger partial charge in [-0.25, -0.2) is 0 Å². The van der Waals surface area contributed by atoms with Gasteiger partial charge in [-0.2, -0.15) is 0 Å². The van der Waals surface area contributed by atoms with E-state index in [4.69, 9.17) is 9.47 Å². The van der Waals surface area contributed by atoms with Gasteiger partial charge in [0.05, 0.1) is 19.3 Å². The molecular weight excluding hydrogens is 220 g/mol. The number of nitrogens with one attached hydrogen (secondary N) is 1. The number of hydrogen-bond acceptors (Lipinski definition) is 4. The van der Waals surface area contributed by atoms with Crippen LogP contribution >= 0.6 is 0 Å². The lowest BCUT2D eigenvalue weighted by Crippen LogP contribution is -2.49. The highest BCUT2D eigenvalue weighted by molar-refractivity contribution is 5.78. The molecule has 1 rings (SSSR count). The van der Waals surface area contributed by atoms with E-state index in [2.05, 4.69) is 12.2 Å². The maximum Gasteiger partial charge on any atom is 0.236 e. The Balaban J connectivity index is 2.27. The van der Waals surface area contributed by atoms with E-state index < -0.39 is 0 Å². The number of carbonyl (C=O) groups excluding carboxylic acids is 1. The Morgan fingerprint density at radius 2 is 2.24 bits per heavy atom. The van der Waals surface area contributed by atoms with E-state index >= 15 is 0 Å². The minimum atomic E-state index is 0.148. The standard InChI is InChI=1S/C12H24N2O3/c1-10-4-6-14(9-11(10)17-3)12(15)8-13-5-7-16-2/h10-11,13H,4-9H2,1-3H3. The Morgan fingerprint density at radius 1 is 1.47 bits per heavy atom. The van der Waals surface area contributed by atoms with Crippen LogP contribution in [0.15, 0.2) is 0 Å². The second kappa shape index (κ2) is 7.63. The second-order valence-corrected chi connectivity index (χ2v) is 4.55. The number of hydrogen-bond donors (Lipinski definition) is 1. The van der Waals surface area contributed by atoms with Crippen molar-refractivity contribution >= 4 is 5.91 Å². The highest BCUT2D eigenvalue weighted by atomic mass is 16.5. The molecule has 1 heterocycles. The predicted molar refractivity (Wildman–Crippen MR) is 65.9 cm³/mol. The Morgan fingerprint density at radius 3 is 2.88 bits per heavy atom. The summed E-state index contributed by atoms with van der Waals surface area (Å²) in [5, 5.41) is 3.07. The topological polar surface area (TPSA) is 50.8 Å². The number of nitrogens with zero attached hydrogens (tertiary/aromatic N) is 1. The minimum absolute atomic E-state index is 0.148. The fraction of sp³-hybridized carbons (Fsp3) is 0.917. The Kier molecular flexibility index (Phi) is 6.47. The lowest BCUT2D eigenvalue weighted by molar-refractivity contribution is -0.135. The molecule has 0 aliphatic carbocycles. The summed E-state index contributed by atoms with van der Waals surface area (Å²) in [6, 6.07) is 0. The zero-order chi connectivity index (χ0) is 12.7.